The number of nitrogens with zero attached hydrogens (tertiary/aromatic N) is 1. The molecule has 0 aliphatic heterocycles. The van der Waals surface area contributed by atoms with Crippen LogP contribution >= 0.6 is 27.7 Å². The lowest BCUT2D eigenvalue weighted by Gasteiger charge is -2.20. The van der Waals surface area contributed by atoms with Crippen molar-refractivity contribution in [3.8, 4) is 0 Å². The van der Waals surface area contributed by atoms with Gasteiger partial charge in [0, 0.05) is 5.25 Å². The number of thioether (sulfide) groups is 1. The molecule has 0 amide bonds. The van der Waals surface area contributed by atoms with E-state index in [9.17, 15) is 4.79 Å². The highest BCUT2D eigenvalue weighted by Gasteiger charge is 2.17. The van der Waals surface area contributed by atoms with Crippen molar-refractivity contribution in [3.63, 3.8) is 0 Å². The number of aromatic nitrogens is 2. The first-order valence-electron chi connectivity index (χ1n) is 5.17. The Bertz CT molecular complexity index is 387. The number of hydrogen-bond donors (Lipinski definition) is 1. The molecule has 2 rings (SSSR count). The zero-order valence-electron chi connectivity index (χ0n) is 8.33. The summed E-state index contributed by atoms with van der Waals surface area (Å²) in [6.45, 7) is 0. The molecule has 82 valence electrons. The van der Waals surface area contributed by atoms with Gasteiger partial charge in [-0.1, -0.05) is 19.3 Å². The Morgan fingerprint density at radius 1 is 1.40 bits per heavy atom. The minimum Gasteiger partial charge on any atom is -0.312 e. The first-order valence-corrected chi connectivity index (χ1v) is 6.84. The van der Waals surface area contributed by atoms with Crippen molar-refractivity contribution in [3.05, 3.63) is 21.2 Å². The SMILES string of the molecule is O=c1[nH]cnc(SC2CCCCC2)c1Br. The Balaban J connectivity index is 2.09. The number of nitrogens with one attached hydrogen (secondary N) is 1. The van der Waals surface area contributed by atoms with Gasteiger partial charge in [0.05, 0.1) is 6.33 Å². The van der Waals surface area contributed by atoms with Crippen LogP contribution in [-0.4, -0.2) is 15.2 Å². The van der Waals surface area contributed by atoms with Gasteiger partial charge in [-0.2, -0.15) is 0 Å². The maximum absolute atomic E-state index is 11.3. The molecule has 1 aliphatic rings. The van der Waals surface area contributed by atoms with Crippen molar-refractivity contribution >= 4 is 27.7 Å². The van der Waals surface area contributed by atoms with E-state index in [1.54, 1.807) is 11.8 Å². The van der Waals surface area contributed by atoms with Crippen LogP contribution in [0.3, 0.4) is 0 Å². The van der Waals surface area contributed by atoms with Gasteiger partial charge in [0.15, 0.2) is 0 Å². The summed E-state index contributed by atoms with van der Waals surface area (Å²) in [7, 11) is 0. The summed E-state index contributed by atoms with van der Waals surface area (Å²) in [4.78, 5) is 18.1. The third-order valence-electron chi connectivity index (χ3n) is 2.60. The van der Waals surface area contributed by atoms with Crippen LogP contribution in [-0.2, 0) is 0 Å². The van der Waals surface area contributed by atoms with E-state index >= 15 is 0 Å². The van der Waals surface area contributed by atoms with Crippen LogP contribution in [0.25, 0.3) is 0 Å². The third-order valence-corrected chi connectivity index (χ3v) is 4.93. The second-order valence-electron chi connectivity index (χ2n) is 3.73. The van der Waals surface area contributed by atoms with Gasteiger partial charge in [-0.05, 0) is 28.8 Å². The molecule has 0 unspecified atom stereocenters. The van der Waals surface area contributed by atoms with Gasteiger partial charge in [-0.15, -0.1) is 11.8 Å². The van der Waals surface area contributed by atoms with Crippen molar-refractivity contribution in [2.75, 3.05) is 0 Å². The molecule has 1 fully saturated rings. The molecule has 1 N–H and O–H groups in total. The Morgan fingerprint density at radius 3 is 2.87 bits per heavy atom. The molecule has 1 heterocycles. The van der Waals surface area contributed by atoms with E-state index in [2.05, 4.69) is 25.9 Å². The zero-order valence-corrected chi connectivity index (χ0v) is 10.7. The second kappa shape index (κ2) is 5.16. The lowest BCUT2D eigenvalue weighted by atomic mass is 10.0. The van der Waals surface area contributed by atoms with Gasteiger partial charge >= 0.3 is 0 Å². The summed E-state index contributed by atoms with van der Waals surface area (Å²) in [6.07, 6.45) is 7.91. The molecular weight excluding hydrogens is 276 g/mol. The lowest BCUT2D eigenvalue weighted by molar-refractivity contribution is 0.515. The van der Waals surface area contributed by atoms with E-state index in [0.717, 1.165) is 5.03 Å². The Labute approximate surface area is 101 Å². The van der Waals surface area contributed by atoms with Crippen molar-refractivity contribution < 1.29 is 0 Å². The normalized spacial score (nSPS) is 17.9. The van der Waals surface area contributed by atoms with E-state index in [-0.39, 0.29) is 5.56 Å². The molecule has 5 heteroatoms. The summed E-state index contributed by atoms with van der Waals surface area (Å²) in [5.41, 5.74) is -0.0942. The van der Waals surface area contributed by atoms with Gasteiger partial charge in [0.1, 0.15) is 9.50 Å². The molecule has 1 aromatic heterocycles. The van der Waals surface area contributed by atoms with E-state index in [4.69, 9.17) is 0 Å². The molecule has 0 aromatic carbocycles. The standard InChI is InChI=1S/C10H13BrN2OS/c11-8-9(14)12-6-13-10(8)15-7-4-2-1-3-5-7/h6-7H,1-5H2,(H,12,13,14). The van der Waals surface area contributed by atoms with E-state index < -0.39 is 0 Å². The van der Waals surface area contributed by atoms with Crippen molar-refractivity contribution in [1.82, 2.24) is 9.97 Å². The number of H-pyrrole nitrogens is 1. The number of halogens is 1. The average molecular weight is 289 g/mol. The first kappa shape index (κ1) is 11.2. The van der Waals surface area contributed by atoms with Crippen LogP contribution in [0.15, 0.2) is 20.6 Å². The average Bonchev–Trinajstić information content (AvgIpc) is 2.26. The molecule has 0 radical (unpaired) electrons. The smallest absolute Gasteiger partial charge is 0.266 e. The van der Waals surface area contributed by atoms with Crippen LogP contribution in [0.2, 0.25) is 0 Å². The van der Waals surface area contributed by atoms with E-state index in [0.29, 0.717) is 9.72 Å². The van der Waals surface area contributed by atoms with Crippen molar-refractivity contribution in [2.24, 2.45) is 0 Å². The van der Waals surface area contributed by atoms with Crippen LogP contribution in [0.1, 0.15) is 32.1 Å². The lowest BCUT2D eigenvalue weighted by Crippen LogP contribution is -2.12. The molecule has 0 atom stereocenters. The topological polar surface area (TPSA) is 45.8 Å². The van der Waals surface area contributed by atoms with Crippen molar-refractivity contribution in [2.45, 2.75) is 42.4 Å². The Hall–Kier alpha value is -0.290. The molecule has 15 heavy (non-hydrogen) atoms. The minimum atomic E-state index is -0.0942. The Kier molecular flexibility index (Phi) is 3.86. The van der Waals surface area contributed by atoms with Gasteiger partial charge < -0.3 is 4.98 Å². The van der Waals surface area contributed by atoms with Gasteiger partial charge in [-0.25, -0.2) is 4.98 Å². The molecule has 0 saturated heterocycles. The molecule has 0 bridgehead atoms. The van der Waals surface area contributed by atoms with Crippen LogP contribution in [0.4, 0.5) is 0 Å². The maximum atomic E-state index is 11.3. The second-order valence-corrected chi connectivity index (χ2v) is 5.81. The number of rotatable bonds is 2. The predicted molar refractivity (Wildman–Crippen MR) is 65.3 cm³/mol. The third kappa shape index (κ3) is 2.84. The monoisotopic (exact) mass is 288 g/mol. The fraction of sp³-hybridized carbons (Fsp3) is 0.600. The van der Waals surface area contributed by atoms with Crippen LogP contribution in [0, 0.1) is 0 Å². The molecule has 3 nitrogen and oxygen atoms in total. The van der Waals surface area contributed by atoms with Gasteiger partial charge in [0.25, 0.3) is 5.56 Å². The molecule has 0 spiro atoms. The summed E-state index contributed by atoms with van der Waals surface area (Å²) < 4.78 is 0.570. The summed E-state index contributed by atoms with van der Waals surface area (Å²) in [5, 5.41) is 1.45. The minimum absolute atomic E-state index is 0.0942. The largest absolute Gasteiger partial charge is 0.312 e. The zero-order chi connectivity index (χ0) is 10.7. The van der Waals surface area contributed by atoms with Gasteiger partial charge in [-0.3, -0.25) is 4.79 Å². The summed E-state index contributed by atoms with van der Waals surface area (Å²) >= 11 is 5.01. The number of hydrogen-bond acceptors (Lipinski definition) is 3. The van der Waals surface area contributed by atoms with Crippen LogP contribution in [0.5, 0.6) is 0 Å². The maximum Gasteiger partial charge on any atom is 0.266 e. The highest BCUT2D eigenvalue weighted by Crippen LogP contribution is 2.34. The predicted octanol–water partition coefficient (Wildman–Crippen LogP) is 2.96. The highest BCUT2D eigenvalue weighted by atomic mass is 79.9. The van der Waals surface area contributed by atoms with Gasteiger partial charge in [0.2, 0.25) is 0 Å². The molecule has 1 aliphatic carbocycles. The quantitative estimate of drug-likeness (QED) is 0.851. The summed E-state index contributed by atoms with van der Waals surface area (Å²) in [6, 6.07) is 0. The summed E-state index contributed by atoms with van der Waals surface area (Å²) in [5.74, 6) is 0. The fourth-order valence-corrected chi connectivity index (χ4v) is 3.48. The van der Waals surface area contributed by atoms with E-state index in [1.807, 2.05) is 0 Å². The van der Waals surface area contributed by atoms with Crippen molar-refractivity contribution in [1.29, 1.82) is 0 Å². The molecule has 1 saturated carbocycles. The van der Waals surface area contributed by atoms with E-state index in [1.165, 1.54) is 38.4 Å². The molecular formula is C10H13BrN2OS. The molecule has 1 aromatic rings. The Morgan fingerprint density at radius 2 is 2.13 bits per heavy atom. The van der Waals surface area contributed by atoms with Crippen LogP contribution < -0.4 is 5.56 Å². The number of aromatic amines is 1. The fourth-order valence-electron chi connectivity index (χ4n) is 1.79. The first-order chi connectivity index (χ1) is 7.27. The highest BCUT2D eigenvalue weighted by molar-refractivity contribution is 9.10.